The maximum Gasteiger partial charge on any atom is 0.410 e. The Hall–Kier alpha value is -4.93. The van der Waals surface area contributed by atoms with Gasteiger partial charge in [-0.1, -0.05) is 0 Å². The van der Waals surface area contributed by atoms with Crippen LogP contribution in [0.1, 0.15) is 59.0 Å². The molecule has 3 aliphatic rings. The van der Waals surface area contributed by atoms with Crippen LogP contribution in [0.2, 0.25) is 0 Å². The Bertz CT molecular complexity index is 1650. The molecule has 11 nitrogen and oxygen atoms in total. The minimum Gasteiger partial charge on any atom is -0.497 e. The van der Waals surface area contributed by atoms with E-state index in [9.17, 15) is 14.4 Å². The van der Waals surface area contributed by atoms with Gasteiger partial charge in [0.25, 0.3) is 5.91 Å². The third kappa shape index (κ3) is 7.95. The van der Waals surface area contributed by atoms with Crippen LogP contribution < -0.4 is 24.0 Å². The molecule has 256 valence electrons. The Labute approximate surface area is 282 Å². The molecule has 0 bridgehead atoms. The lowest BCUT2D eigenvalue weighted by Gasteiger charge is -2.31. The van der Waals surface area contributed by atoms with E-state index in [2.05, 4.69) is 4.90 Å². The first kappa shape index (κ1) is 34.4. The van der Waals surface area contributed by atoms with E-state index in [0.29, 0.717) is 49.7 Å². The number of rotatable bonds is 5. The van der Waals surface area contributed by atoms with Gasteiger partial charge in [-0.25, -0.2) is 9.59 Å². The normalized spacial score (nSPS) is 16.0. The second-order valence-electron chi connectivity index (χ2n) is 12.8. The summed E-state index contributed by atoms with van der Waals surface area (Å²) in [6, 6.07) is 16.9. The molecule has 1 fully saturated rings. The number of hydrogen-bond acceptors (Lipinski definition) is 9. The van der Waals surface area contributed by atoms with Crippen LogP contribution >= 0.6 is 0 Å². The molecule has 3 heterocycles. The van der Waals surface area contributed by atoms with Gasteiger partial charge in [0.05, 0.1) is 39.2 Å². The number of amides is 2. The van der Waals surface area contributed by atoms with E-state index < -0.39 is 5.60 Å². The molecule has 0 spiro atoms. The maximum absolute atomic E-state index is 13.2. The van der Waals surface area contributed by atoms with Crippen LogP contribution in [-0.4, -0.2) is 89.1 Å². The number of nitrogens with zero attached hydrogens (tertiary/aromatic N) is 3. The number of carbonyl (C=O) groups is 3. The summed E-state index contributed by atoms with van der Waals surface area (Å²) in [5, 5.41) is 0. The molecule has 0 aliphatic carbocycles. The monoisotopic (exact) mass is 659 g/mol. The fourth-order valence-electron chi connectivity index (χ4n) is 6.04. The molecular formula is C37H45N3O8. The number of benzene rings is 3. The van der Waals surface area contributed by atoms with Gasteiger partial charge in [0.2, 0.25) is 0 Å². The summed E-state index contributed by atoms with van der Waals surface area (Å²) in [5.41, 5.74) is 4.63. The van der Waals surface area contributed by atoms with Crippen LogP contribution in [0.4, 0.5) is 16.2 Å². The molecule has 0 atom stereocenters. The highest BCUT2D eigenvalue weighted by Crippen LogP contribution is 2.35. The zero-order valence-electron chi connectivity index (χ0n) is 28.7. The highest BCUT2D eigenvalue weighted by Gasteiger charge is 2.28. The van der Waals surface area contributed by atoms with Crippen LogP contribution in [0.5, 0.6) is 17.2 Å². The summed E-state index contributed by atoms with van der Waals surface area (Å²) >= 11 is 0. The quantitative estimate of drug-likeness (QED) is 0.316. The minimum absolute atomic E-state index is 0.0218. The second-order valence-corrected chi connectivity index (χ2v) is 12.8. The van der Waals surface area contributed by atoms with Crippen molar-refractivity contribution in [2.75, 3.05) is 70.5 Å². The van der Waals surface area contributed by atoms with Gasteiger partial charge < -0.3 is 38.4 Å². The molecule has 1 saturated heterocycles. The van der Waals surface area contributed by atoms with Gasteiger partial charge in [0, 0.05) is 56.5 Å². The largest absolute Gasteiger partial charge is 0.497 e. The summed E-state index contributed by atoms with van der Waals surface area (Å²) in [5.74, 6) is 2.00. The molecule has 0 radical (unpaired) electrons. The Kier molecular flexibility index (Phi) is 10.7. The molecule has 3 aliphatic heterocycles. The highest BCUT2D eigenvalue weighted by molar-refractivity contribution is 6.08. The molecule has 3 aromatic rings. The van der Waals surface area contributed by atoms with Gasteiger partial charge in [-0.05, 0) is 93.3 Å². The van der Waals surface area contributed by atoms with E-state index in [4.69, 9.17) is 23.7 Å². The van der Waals surface area contributed by atoms with E-state index in [0.717, 1.165) is 59.8 Å². The molecule has 0 N–H and O–H groups in total. The van der Waals surface area contributed by atoms with Crippen molar-refractivity contribution < 1.29 is 38.1 Å². The lowest BCUT2D eigenvalue weighted by Crippen LogP contribution is -2.39. The lowest BCUT2D eigenvalue weighted by molar-refractivity contribution is 0.0262. The topological polar surface area (TPSA) is 107 Å². The lowest BCUT2D eigenvalue weighted by atomic mass is 9.98. The summed E-state index contributed by atoms with van der Waals surface area (Å²) in [4.78, 5) is 42.8. The van der Waals surface area contributed by atoms with Gasteiger partial charge in [0.1, 0.15) is 22.8 Å². The molecular weight excluding hydrogens is 614 g/mol. The van der Waals surface area contributed by atoms with Gasteiger partial charge in [-0.2, -0.15) is 0 Å². The fraction of sp³-hybridized carbons (Fsp3) is 0.432. The fourth-order valence-corrected chi connectivity index (χ4v) is 6.04. The van der Waals surface area contributed by atoms with Crippen molar-refractivity contribution >= 4 is 29.3 Å². The van der Waals surface area contributed by atoms with E-state index in [-0.39, 0.29) is 18.0 Å². The van der Waals surface area contributed by atoms with E-state index in [1.165, 1.54) is 0 Å². The summed E-state index contributed by atoms with van der Waals surface area (Å²) in [7, 11) is 4.89. The molecule has 48 heavy (non-hydrogen) atoms. The van der Waals surface area contributed by atoms with Crippen molar-refractivity contribution in [3.05, 3.63) is 76.9 Å². The minimum atomic E-state index is -0.513. The van der Waals surface area contributed by atoms with Crippen molar-refractivity contribution in [1.29, 1.82) is 0 Å². The van der Waals surface area contributed by atoms with Gasteiger partial charge in [0.15, 0.2) is 0 Å². The number of hydrogen-bond donors (Lipinski definition) is 0. The number of anilines is 2. The Morgan fingerprint density at radius 3 is 2.10 bits per heavy atom. The molecule has 0 unspecified atom stereocenters. The Morgan fingerprint density at radius 1 is 0.750 bits per heavy atom. The van der Waals surface area contributed by atoms with Crippen LogP contribution in [-0.2, 0) is 22.3 Å². The molecule has 2 amide bonds. The van der Waals surface area contributed by atoms with Gasteiger partial charge in [-0.3, -0.25) is 4.79 Å². The van der Waals surface area contributed by atoms with Crippen molar-refractivity contribution in [3.63, 3.8) is 0 Å². The second kappa shape index (κ2) is 14.9. The smallest absolute Gasteiger partial charge is 0.410 e. The van der Waals surface area contributed by atoms with E-state index >= 15 is 0 Å². The van der Waals surface area contributed by atoms with Crippen LogP contribution in [0.3, 0.4) is 0 Å². The van der Waals surface area contributed by atoms with Crippen LogP contribution in [0.25, 0.3) is 0 Å². The predicted octanol–water partition coefficient (Wildman–Crippen LogP) is 5.76. The van der Waals surface area contributed by atoms with Crippen molar-refractivity contribution in [1.82, 2.24) is 4.90 Å². The van der Waals surface area contributed by atoms with E-state index in [1.807, 2.05) is 63.2 Å². The predicted molar refractivity (Wildman–Crippen MR) is 183 cm³/mol. The summed E-state index contributed by atoms with van der Waals surface area (Å²) in [6.07, 6.45) is 2.09. The average Bonchev–Trinajstić information content (AvgIpc) is 3.34. The molecule has 0 saturated carbocycles. The van der Waals surface area contributed by atoms with Crippen LogP contribution in [0.15, 0.2) is 54.6 Å². The Morgan fingerprint density at radius 2 is 1.44 bits per heavy atom. The zero-order valence-corrected chi connectivity index (χ0v) is 28.7. The standard InChI is InChI=1S/C27H35N3O5.C10H10O3/c1-27(2,3)35-26(32)29-13-6-12-28(15-16-29)23-10-7-20(18-24(23)34-5)30-14-11-19-17-21(33-4)8-9-22(19)25(30)31;1-12-8-2-3-9-7(6-8)4-5-13-10(9)11/h7-10,17-18H,6,11-16H2,1-5H3;2-3,6H,4-5H2,1H3. The number of carbonyl (C=O) groups excluding carboxylic acids is 3. The molecule has 6 rings (SSSR count). The molecule has 3 aromatic carbocycles. The number of cyclic esters (lactones) is 1. The summed E-state index contributed by atoms with van der Waals surface area (Å²) in [6.45, 7) is 9.40. The first-order valence-electron chi connectivity index (χ1n) is 16.2. The first-order chi connectivity index (χ1) is 23.0. The highest BCUT2D eigenvalue weighted by atomic mass is 16.6. The Balaban J connectivity index is 0.000000288. The molecule has 11 heteroatoms. The van der Waals surface area contributed by atoms with Gasteiger partial charge in [-0.15, -0.1) is 0 Å². The maximum atomic E-state index is 13.2. The first-order valence-corrected chi connectivity index (χ1v) is 16.2. The average molecular weight is 660 g/mol. The zero-order chi connectivity index (χ0) is 34.4. The van der Waals surface area contributed by atoms with Crippen molar-refractivity contribution in [2.24, 2.45) is 0 Å². The van der Waals surface area contributed by atoms with E-state index in [1.54, 1.807) is 43.3 Å². The third-order valence-electron chi connectivity index (χ3n) is 8.49. The SMILES string of the molecule is COc1ccc2c(c1)CCN(c1ccc(N3CCCN(C(=O)OC(C)(C)C)CC3)c(OC)c1)C2=O.COc1ccc2c(c1)CCOC2=O. The summed E-state index contributed by atoms with van der Waals surface area (Å²) < 4.78 is 26.6. The van der Waals surface area contributed by atoms with Crippen molar-refractivity contribution in [3.8, 4) is 17.2 Å². The van der Waals surface area contributed by atoms with Crippen molar-refractivity contribution in [2.45, 2.75) is 45.6 Å². The number of esters is 1. The number of methoxy groups -OCH3 is 3. The van der Waals surface area contributed by atoms with Crippen LogP contribution in [0, 0.1) is 0 Å². The molecule has 0 aromatic heterocycles. The van der Waals surface area contributed by atoms with Gasteiger partial charge >= 0.3 is 12.1 Å². The number of ether oxygens (including phenoxy) is 5. The number of fused-ring (bicyclic) bond motifs is 2. The third-order valence-corrected chi connectivity index (χ3v) is 8.49.